The molecule has 1 aliphatic heterocycles. The second-order valence-electron chi connectivity index (χ2n) is 8.51. The number of hydrogen-bond donors (Lipinski definition) is 2. The van der Waals surface area contributed by atoms with Crippen molar-refractivity contribution < 1.29 is 13.6 Å². The van der Waals surface area contributed by atoms with Crippen LogP contribution in [0.4, 0.5) is 20.5 Å². The monoisotopic (exact) mass is 508 g/mol. The summed E-state index contributed by atoms with van der Waals surface area (Å²) in [5.74, 6) is -0.579. The Balaban J connectivity index is 1.59. The highest BCUT2D eigenvalue weighted by Gasteiger charge is 2.25. The largest absolute Gasteiger partial charge is 0.382 e. The molecule has 0 saturated carbocycles. The van der Waals surface area contributed by atoms with Gasteiger partial charge < -0.3 is 16.0 Å². The van der Waals surface area contributed by atoms with Crippen LogP contribution in [0.15, 0.2) is 29.5 Å². The fraction of sp³-hybridized carbons (Fsp3) is 0.333. The van der Waals surface area contributed by atoms with Gasteiger partial charge in [0.15, 0.2) is 5.82 Å². The van der Waals surface area contributed by atoms with Crippen LogP contribution in [-0.4, -0.2) is 63.6 Å². The quantitative estimate of drug-likeness (QED) is 0.312. The number of nitrogens with zero attached hydrogens (tertiary/aromatic N) is 8. The van der Waals surface area contributed by atoms with Crippen LogP contribution in [0, 0.1) is 29.9 Å². The van der Waals surface area contributed by atoms with E-state index in [9.17, 15) is 18.8 Å². The molecular weight excluding hydrogens is 482 g/mol. The van der Waals surface area contributed by atoms with E-state index >= 15 is 0 Å². The molecule has 37 heavy (non-hydrogen) atoms. The van der Waals surface area contributed by atoms with Crippen molar-refractivity contribution in [2.75, 3.05) is 36.8 Å². The Bertz CT molecular complexity index is 1370. The number of rotatable bonds is 10. The summed E-state index contributed by atoms with van der Waals surface area (Å²) in [7, 11) is 1.65. The smallest absolute Gasteiger partial charge is 0.226 e. The van der Waals surface area contributed by atoms with Gasteiger partial charge in [-0.25, -0.2) is 18.7 Å². The molecule has 3 N–H and O–H groups in total. The first-order chi connectivity index (χ1) is 17.8. The molecule has 1 aromatic carbocycles. The number of halogens is 2. The summed E-state index contributed by atoms with van der Waals surface area (Å²) in [6, 6.07) is 5.97. The highest BCUT2D eigenvalue weighted by atomic mass is 19.1. The van der Waals surface area contributed by atoms with Gasteiger partial charge >= 0.3 is 0 Å². The molecule has 0 saturated heterocycles. The Kier molecular flexibility index (Phi) is 7.57. The number of anilines is 2. The van der Waals surface area contributed by atoms with Crippen molar-refractivity contribution in [3.8, 4) is 17.5 Å². The first-order valence-corrected chi connectivity index (χ1v) is 11.6. The molecule has 1 aliphatic rings. The number of nitriles is 1. The number of nitrogen functional groups attached to an aromatic ring is 1. The standard InChI is InChI=1S/C24H26F2N10O/c1-15-22(34(2)33-23(15)28)21-19(26)13-30-24(32-21)35(6-5-29-14-37)7-8-36-20(3-4-31-36)17-9-16(12-27)10-18(25)11-17/h4,9-11,13-14,20H,3,5-8H2,1-2H3,(H2,28,33)(H,29,37). The lowest BCUT2D eigenvalue weighted by Crippen LogP contribution is -2.38. The summed E-state index contributed by atoms with van der Waals surface area (Å²) in [6.45, 7) is 3.15. The number of benzene rings is 1. The van der Waals surface area contributed by atoms with Crippen molar-refractivity contribution in [3.63, 3.8) is 0 Å². The Labute approximate surface area is 212 Å². The van der Waals surface area contributed by atoms with Gasteiger partial charge in [-0.3, -0.25) is 14.5 Å². The van der Waals surface area contributed by atoms with Crippen LogP contribution in [0.3, 0.4) is 0 Å². The Morgan fingerprint density at radius 3 is 2.84 bits per heavy atom. The average Bonchev–Trinajstić information content (AvgIpc) is 3.45. The van der Waals surface area contributed by atoms with Gasteiger partial charge in [-0.2, -0.15) is 15.5 Å². The third kappa shape index (κ3) is 5.48. The molecule has 0 spiro atoms. The molecule has 1 amide bonds. The van der Waals surface area contributed by atoms with Crippen LogP contribution < -0.4 is 16.0 Å². The number of hydrazone groups is 1. The third-order valence-corrected chi connectivity index (χ3v) is 6.12. The van der Waals surface area contributed by atoms with E-state index in [0.717, 1.165) is 6.20 Å². The predicted octanol–water partition coefficient (Wildman–Crippen LogP) is 1.90. The number of aromatic nitrogens is 4. The molecule has 0 aliphatic carbocycles. The lowest BCUT2D eigenvalue weighted by atomic mass is 10.0. The van der Waals surface area contributed by atoms with Gasteiger partial charge in [0.25, 0.3) is 0 Å². The maximum Gasteiger partial charge on any atom is 0.226 e. The van der Waals surface area contributed by atoms with E-state index in [1.807, 2.05) is 6.07 Å². The van der Waals surface area contributed by atoms with E-state index < -0.39 is 11.6 Å². The summed E-state index contributed by atoms with van der Waals surface area (Å²) >= 11 is 0. The van der Waals surface area contributed by atoms with Crippen molar-refractivity contribution >= 4 is 24.4 Å². The van der Waals surface area contributed by atoms with Crippen molar-refractivity contribution in [2.45, 2.75) is 19.4 Å². The number of carbonyl (C=O) groups is 1. The molecule has 2 aromatic heterocycles. The summed E-state index contributed by atoms with van der Waals surface area (Å²) in [4.78, 5) is 21.3. The Morgan fingerprint density at radius 2 is 2.14 bits per heavy atom. The third-order valence-electron chi connectivity index (χ3n) is 6.12. The molecule has 0 bridgehead atoms. The number of hydrogen-bond acceptors (Lipinski definition) is 9. The van der Waals surface area contributed by atoms with Gasteiger partial charge in [0.1, 0.15) is 17.3 Å². The molecule has 0 fully saturated rings. The molecule has 11 nitrogen and oxygen atoms in total. The molecule has 4 rings (SSSR count). The van der Waals surface area contributed by atoms with E-state index in [2.05, 4.69) is 25.5 Å². The second-order valence-corrected chi connectivity index (χ2v) is 8.51. The van der Waals surface area contributed by atoms with Crippen LogP contribution in [0.1, 0.15) is 29.2 Å². The molecule has 3 heterocycles. The van der Waals surface area contributed by atoms with Crippen molar-refractivity contribution in [1.82, 2.24) is 30.1 Å². The van der Waals surface area contributed by atoms with E-state index in [1.165, 1.54) is 16.8 Å². The SMILES string of the molecule is Cc1c(N)nn(C)c1-c1nc(N(CCNC=O)CCN2N=CCC2c2cc(F)cc(C#N)c2)ncc1F. The predicted molar refractivity (Wildman–Crippen MR) is 133 cm³/mol. The first kappa shape index (κ1) is 25.5. The average molecular weight is 509 g/mol. The zero-order valence-electron chi connectivity index (χ0n) is 20.4. The van der Waals surface area contributed by atoms with E-state index in [-0.39, 0.29) is 29.1 Å². The van der Waals surface area contributed by atoms with E-state index in [4.69, 9.17) is 5.73 Å². The molecule has 3 aromatic rings. The summed E-state index contributed by atoms with van der Waals surface area (Å²) in [5, 5.41) is 22.2. The maximum atomic E-state index is 14.8. The van der Waals surface area contributed by atoms with Gasteiger partial charge in [-0.1, -0.05) is 0 Å². The van der Waals surface area contributed by atoms with Gasteiger partial charge in [0.05, 0.1) is 36.1 Å². The van der Waals surface area contributed by atoms with Crippen molar-refractivity contribution in [1.29, 1.82) is 5.26 Å². The maximum absolute atomic E-state index is 14.8. The van der Waals surface area contributed by atoms with Gasteiger partial charge in [0.2, 0.25) is 12.4 Å². The minimum atomic E-state index is -0.621. The molecule has 1 unspecified atom stereocenters. The number of nitrogens with one attached hydrogen (secondary N) is 1. The number of carbonyl (C=O) groups excluding carboxylic acids is 1. The van der Waals surface area contributed by atoms with Gasteiger partial charge in [0, 0.05) is 44.9 Å². The van der Waals surface area contributed by atoms with Crippen LogP contribution in [0.2, 0.25) is 0 Å². The lowest BCUT2D eigenvalue weighted by molar-refractivity contribution is -0.109. The molecule has 192 valence electrons. The van der Waals surface area contributed by atoms with Crippen LogP contribution in [0.25, 0.3) is 11.4 Å². The van der Waals surface area contributed by atoms with Crippen LogP contribution in [-0.2, 0) is 11.8 Å². The van der Waals surface area contributed by atoms with E-state index in [1.54, 1.807) is 36.2 Å². The first-order valence-electron chi connectivity index (χ1n) is 11.6. The summed E-state index contributed by atoms with van der Waals surface area (Å²) in [5.41, 5.74) is 7.88. The zero-order chi connectivity index (χ0) is 26.5. The second kappa shape index (κ2) is 11.0. The van der Waals surface area contributed by atoms with Crippen LogP contribution >= 0.6 is 0 Å². The minimum absolute atomic E-state index is 0.0587. The van der Waals surface area contributed by atoms with E-state index in [0.29, 0.717) is 55.8 Å². The topological polar surface area (TPSA) is 141 Å². The Morgan fingerprint density at radius 1 is 1.32 bits per heavy atom. The number of amides is 1. The zero-order valence-corrected chi connectivity index (χ0v) is 20.4. The number of aryl methyl sites for hydroxylation is 1. The highest BCUT2D eigenvalue weighted by molar-refractivity contribution is 5.66. The summed E-state index contributed by atoms with van der Waals surface area (Å²) in [6.07, 6.45) is 3.98. The molecular formula is C24H26F2N10O. The fourth-order valence-electron chi connectivity index (χ4n) is 4.30. The van der Waals surface area contributed by atoms with Crippen molar-refractivity contribution in [2.24, 2.45) is 12.1 Å². The Hall–Kier alpha value is -4.60. The normalized spacial score (nSPS) is 14.6. The van der Waals surface area contributed by atoms with Crippen LogP contribution in [0.5, 0.6) is 0 Å². The lowest BCUT2D eigenvalue weighted by Gasteiger charge is -2.29. The highest BCUT2D eigenvalue weighted by Crippen LogP contribution is 2.30. The van der Waals surface area contributed by atoms with Crippen molar-refractivity contribution in [3.05, 3.63) is 52.7 Å². The fourth-order valence-corrected chi connectivity index (χ4v) is 4.30. The van der Waals surface area contributed by atoms with Gasteiger partial charge in [-0.05, 0) is 30.7 Å². The molecule has 13 heteroatoms. The molecule has 1 atom stereocenters. The van der Waals surface area contributed by atoms with Gasteiger partial charge in [-0.15, -0.1) is 0 Å². The molecule has 0 radical (unpaired) electrons. The minimum Gasteiger partial charge on any atom is -0.382 e. The summed E-state index contributed by atoms with van der Waals surface area (Å²) < 4.78 is 30.3. The number of nitrogens with two attached hydrogens (primary N) is 1.